The molecule has 1 aromatic rings. The summed E-state index contributed by atoms with van der Waals surface area (Å²) in [6.45, 7) is 5.00. The van der Waals surface area contributed by atoms with E-state index in [4.69, 9.17) is 4.42 Å². The minimum Gasteiger partial charge on any atom is -0.431 e. The quantitative estimate of drug-likeness (QED) is 0.706. The van der Waals surface area contributed by atoms with Gasteiger partial charge in [-0.3, -0.25) is 0 Å². The zero-order chi connectivity index (χ0) is 18.8. The average Bonchev–Trinajstić information content (AvgIpc) is 3.00. The van der Waals surface area contributed by atoms with E-state index in [1.165, 1.54) is 44.1 Å². The van der Waals surface area contributed by atoms with Gasteiger partial charge in [-0.05, 0) is 97.5 Å². The third kappa shape index (κ3) is 2.53. The van der Waals surface area contributed by atoms with Crippen molar-refractivity contribution in [3.8, 4) is 0 Å². The first-order chi connectivity index (χ1) is 12.9. The van der Waals surface area contributed by atoms with Crippen LogP contribution in [0, 0.1) is 28.6 Å². The Morgan fingerprint density at radius 3 is 2.67 bits per heavy atom. The average molecular weight is 369 g/mol. The minimum absolute atomic E-state index is 0.220. The molecule has 3 nitrogen and oxygen atoms in total. The molecule has 146 valence electrons. The second kappa shape index (κ2) is 6.07. The van der Waals surface area contributed by atoms with Gasteiger partial charge in [0.05, 0.1) is 12.4 Å². The largest absolute Gasteiger partial charge is 0.431 e. The van der Waals surface area contributed by atoms with Crippen LogP contribution in [0.25, 0.3) is 0 Å². The number of aliphatic hydroxyl groups excluding tert-OH is 1. The van der Waals surface area contributed by atoms with Crippen LogP contribution in [0.2, 0.25) is 0 Å². The Balaban J connectivity index is 1.46. The third-order valence-electron chi connectivity index (χ3n) is 9.21. The Morgan fingerprint density at radius 1 is 1.04 bits per heavy atom. The molecule has 1 heterocycles. The fourth-order valence-electron chi connectivity index (χ4n) is 7.82. The van der Waals surface area contributed by atoms with Gasteiger partial charge in [-0.15, -0.1) is 0 Å². The number of fused-ring (bicyclic) bond motifs is 5. The fraction of sp³-hybridized carbons (Fsp3) is 0.708. The first-order valence-electron chi connectivity index (χ1n) is 10.9. The monoisotopic (exact) mass is 368 g/mol. The number of rotatable bonds is 1. The zero-order valence-corrected chi connectivity index (χ0v) is 16.6. The molecule has 0 unspecified atom stereocenters. The first-order valence-corrected chi connectivity index (χ1v) is 10.9. The number of hydrogen-bond acceptors (Lipinski definition) is 3. The maximum Gasteiger partial charge on any atom is 0.335 e. The molecule has 0 saturated heterocycles. The van der Waals surface area contributed by atoms with Crippen LogP contribution in [-0.2, 0) is 0 Å². The van der Waals surface area contributed by atoms with Gasteiger partial charge < -0.3 is 9.52 Å². The summed E-state index contributed by atoms with van der Waals surface area (Å²) in [6.07, 6.45) is 13.3. The minimum atomic E-state index is -0.249. The van der Waals surface area contributed by atoms with Crippen LogP contribution in [0.3, 0.4) is 0 Å². The van der Waals surface area contributed by atoms with E-state index in [9.17, 15) is 9.90 Å². The van der Waals surface area contributed by atoms with E-state index in [1.54, 1.807) is 17.9 Å². The summed E-state index contributed by atoms with van der Waals surface area (Å²) in [7, 11) is 0. The molecule has 0 aliphatic heterocycles. The van der Waals surface area contributed by atoms with Gasteiger partial charge in [0.1, 0.15) is 0 Å². The van der Waals surface area contributed by atoms with Gasteiger partial charge in [-0.25, -0.2) is 4.79 Å². The lowest BCUT2D eigenvalue weighted by atomic mass is 9.46. The Bertz CT molecular complexity index is 803. The molecule has 0 amide bonds. The Hall–Kier alpha value is -1.35. The van der Waals surface area contributed by atoms with Gasteiger partial charge >= 0.3 is 5.63 Å². The van der Waals surface area contributed by atoms with Gasteiger partial charge in [-0.1, -0.05) is 25.5 Å². The summed E-state index contributed by atoms with van der Waals surface area (Å²) in [5.41, 5.74) is 3.15. The molecule has 3 saturated carbocycles. The first kappa shape index (κ1) is 17.7. The van der Waals surface area contributed by atoms with E-state index in [0.29, 0.717) is 16.7 Å². The lowest BCUT2D eigenvalue weighted by Gasteiger charge is -2.58. The maximum absolute atomic E-state index is 11.4. The molecular formula is C24H32O3. The van der Waals surface area contributed by atoms with E-state index >= 15 is 0 Å². The molecule has 4 aliphatic rings. The van der Waals surface area contributed by atoms with Crippen LogP contribution in [0.5, 0.6) is 0 Å². The standard InChI is InChI=1S/C24H32O3/c1-23-11-9-17(25)13-16(23)4-5-18-20-7-6-19(15-3-8-22(26)27-14-15)24(20,2)12-10-21(18)23/h3,8,13-14,17-21,25H,4-7,9-12H2,1-2H3/t17-,18-,19+,20+,21-,23-,24+/m0/s1. The smallest absolute Gasteiger partial charge is 0.335 e. The summed E-state index contributed by atoms with van der Waals surface area (Å²) in [5, 5.41) is 10.1. The van der Waals surface area contributed by atoms with Crippen LogP contribution in [0.4, 0.5) is 0 Å². The zero-order valence-electron chi connectivity index (χ0n) is 16.6. The molecular weight excluding hydrogens is 336 g/mol. The van der Waals surface area contributed by atoms with Crippen LogP contribution in [0.15, 0.2) is 39.3 Å². The summed E-state index contributed by atoms with van der Waals surface area (Å²) < 4.78 is 5.21. The SMILES string of the molecule is C[C@]12CC[C@H]3[C@@H](CCC4=C[C@@H](O)CC[C@@]43C)[C@H]1CC[C@@H]2c1ccc(=O)oc1. The number of aliphatic hydroxyl groups is 1. The predicted molar refractivity (Wildman–Crippen MR) is 105 cm³/mol. The van der Waals surface area contributed by atoms with Crippen molar-refractivity contribution >= 4 is 0 Å². The number of allylic oxidation sites excluding steroid dienone is 1. The van der Waals surface area contributed by atoms with Crippen molar-refractivity contribution in [2.45, 2.75) is 77.2 Å². The second-order valence-corrected chi connectivity index (χ2v) is 10.2. The highest BCUT2D eigenvalue weighted by Gasteiger charge is 2.59. The topological polar surface area (TPSA) is 50.4 Å². The molecule has 7 atom stereocenters. The summed E-state index contributed by atoms with van der Waals surface area (Å²) >= 11 is 0. The molecule has 0 spiro atoms. The molecule has 4 aliphatic carbocycles. The van der Waals surface area contributed by atoms with Crippen molar-refractivity contribution in [1.29, 1.82) is 0 Å². The highest BCUT2D eigenvalue weighted by molar-refractivity contribution is 5.27. The molecule has 1 aromatic heterocycles. The highest BCUT2D eigenvalue weighted by Crippen LogP contribution is 2.68. The van der Waals surface area contributed by atoms with Gasteiger partial charge in [0.15, 0.2) is 0 Å². The number of hydrogen-bond donors (Lipinski definition) is 1. The lowest BCUT2D eigenvalue weighted by molar-refractivity contribution is -0.0463. The van der Waals surface area contributed by atoms with Gasteiger partial charge in [0.25, 0.3) is 0 Å². The van der Waals surface area contributed by atoms with Crippen molar-refractivity contribution in [3.05, 3.63) is 46.0 Å². The van der Waals surface area contributed by atoms with E-state index in [0.717, 1.165) is 30.6 Å². The Kier molecular flexibility index (Phi) is 3.99. The Morgan fingerprint density at radius 2 is 1.89 bits per heavy atom. The molecule has 27 heavy (non-hydrogen) atoms. The third-order valence-corrected chi connectivity index (χ3v) is 9.21. The maximum atomic E-state index is 11.4. The van der Waals surface area contributed by atoms with E-state index in [2.05, 4.69) is 19.9 Å². The van der Waals surface area contributed by atoms with Gasteiger partial charge in [0, 0.05) is 6.07 Å². The summed E-state index contributed by atoms with van der Waals surface area (Å²) in [5.74, 6) is 2.88. The summed E-state index contributed by atoms with van der Waals surface area (Å²) in [6, 6.07) is 3.59. The van der Waals surface area contributed by atoms with Crippen molar-refractivity contribution in [1.82, 2.24) is 0 Å². The lowest BCUT2D eigenvalue weighted by Crippen LogP contribution is -2.50. The Labute approximate surface area is 161 Å². The van der Waals surface area contributed by atoms with E-state index < -0.39 is 0 Å². The van der Waals surface area contributed by atoms with E-state index in [1.807, 2.05) is 6.07 Å². The predicted octanol–water partition coefficient (Wildman–Crippen LogP) is 5.05. The van der Waals surface area contributed by atoms with Gasteiger partial charge in [-0.2, -0.15) is 0 Å². The van der Waals surface area contributed by atoms with Crippen molar-refractivity contribution in [2.24, 2.45) is 28.6 Å². The van der Waals surface area contributed by atoms with Crippen LogP contribution < -0.4 is 5.63 Å². The molecule has 3 fully saturated rings. The summed E-state index contributed by atoms with van der Waals surface area (Å²) in [4.78, 5) is 11.4. The molecule has 0 radical (unpaired) electrons. The van der Waals surface area contributed by atoms with Crippen molar-refractivity contribution in [2.75, 3.05) is 0 Å². The fourth-order valence-corrected chi connectivity index (χ4v) is 7.82. The van der Waals surface area contributed by atoms with Crippen LogP contribution in [0.1, 0.15) is 76.7 Å². The molecule has 5 rings (SSSR count). The molecule has 0 bridgehead atoms. The second-order valence-electron chi connectivity index (χ2n) is 10.2. The van der Waals surface area contributed by atoms with Crippen LogP contribution >= 0.6 is 0 Å². The van der Waals surface area contributed by atoms with Gasteiger partial charge in [0.2, 0.25) is 0 Å². The van der Waals surface area contributed by atoms with Crippen molar-refractivity contribution < 1.29 is 9.52 Å². The van der Waals surface area contributed by atoms with Crippen molar-refractivity contribution in [3.63, 3.8) is 0 Å². The molecule has 0 aromatic carbocycles. The normalized spacial score (nSPS) is 46.2. The van der Waals surface area contributed by atoms with Crippen LogP contribution in [-0.4, -0.2) is 11.2 Å². The highest BCUT2D eigenvalue weighted by atomic mass is 16.4. The molecule has 1 N–H and O–H groups in total. The molecule has 3 heteroatoms. The van der Waals surface area contributed by atoms with E-state index in [-0.39, 0.29) is 11.7 Å².